The standard InChI is InChI=1S/C18H18F3N3O5S/c1-11-4-9-15(24(26)27)10-16(11)23(30(3,28)29)12(2)17(25)22-14-7-5-13(6-8-14)18(19,20)21/h4-10,12H,1-3H3,(H,22,25). The minimum absolute atomic E-state index is 0.0315. The zero-order chi connectivity index (χ0) is 22.9. The lowest BCUT2D eigenvalue weighted by Crippen LogP contribution is -2.45. The average Bonchev–Trinajstić information content (AvgIpc) is 2.61. The normalized spacial score (nSPS) is 12.9. The molecule has 1 unspecified atom stereocenters. The fourth-order valence-corrected chi connectivity index (χ4v) is 3.94. The molecule has 0 saturated carbocycles. The van der Waals surface area contributed by atoms with E-state index in [0.29, 0.717) is 5.56 Å². The highest BCUT2D eigenvalue weighted by atomic mass is 32.2. The molecule has 162 valence electrons. The summed E-state index contributed by atoms with van der Waals surface area (Å²) < 4.78 is 63.4. The molecule has 0 aromatic heterocycles. The molecule has 2 rings (SSSR count). The van der Waals surface area contributed by atoms with E-state index < -0.39 is 38.6 Å². The van der Waals surface area contributed by atoms with E-state index in [1.54, 1.807) is 0 Å². The van der Waals surface area contributed by atoms with E-state index in [2.05, 4.69) is 5.32 Å². The third-order valence-electron chi connectivity index (χ3n) is 4.21. The van der Waals surface area contributed by atoms with Crippen LogP contribution in [0, 0.1) is 17.0 Å². The van der Waals surface area contributed by atoms with E-state index >= 15 is 0 Å². The number of alkyl halides is 3. The molecule has 2 aromatic rings. The molecule has 0 heterocycles. The summed E-state index contributed by atoms with van der Waals surface area (Å²) in [5.41, 5.74) is -0.913. The Balaban J connectivity index is 2.36. The van der Waals surface area contributed by atoms with Crippen molar-refractivity contribution in [3.63, 3.8) is 0 Å². The van der Waals surface area contributed by atoms with Crippen LogP contribution in [0.15, 0.2) is 42.5 Å². The first-order valence-corrected chi connectivity index (χ1v) is 10.3. The van der Waals surface area contributed by atoms with Gasteiger partial charge in [0.05, 0.1) is 22.4 Å². The highest BCUT2D eigenvalue weighted by Gasteiger charge is 2.32. The Morgan fingerprint density at radius 2 is 1.73 bits per heavy atom. The van der Waals surface area contributed by atoms with Crippen LogP contribution in [0.1, 0.15) is 18.1 Å². The SMILES string of the molecule is Cc1ccc([N+](=O)[O-])cc1N(C(C)C(=O)Nc1ccc(C(F)(F)F)cc1)S(C)(=O)=O. The number of carbonyl (C=O) groups is 1. The molecule has 12 heteroatoms. The third kappa shape index (κ3) is 5.26. The molecular weight excluding hydrogens is 427 g/mol. The number of sulfonamides is 1. The van der Waals surface area contributed by atoms with Gasteiger partial charge in [0.1, 0.15) is 6.04 Å². The van der Waals surface area contributed by atoms with Crippen molar-refractivity contribution >= 4 is 33.0 Å². The van der Waals surface area contributed by atoms with Crippen LogP contribution in [0.25, 0.3) is 0 Å². The fourth-order valence-electron chi connectivity index (χ4n) is 2.72. The van der Waals surface area contributed by atoms with Crippen LogP contribution in [-0.4, -0.2) is 31.5 Å². The van der Waals surface area contributed by atoms with Crippen LogP contribution in [0.4, 0.5) is 30.2 Å². The monoisotopic (exact) mass is 445 g/mol. The van der Waals surface area contributed by atoms with Crippen molar-refractivity contribution in [1.82, 2.24) is 0 Å². The van der Waals surface area contributed by atoms with Gasteiger partial charge in [-0.1, -0.05) is 6.07 Å². The summed E-state index contributed by atoms with van der Waals surface area (Å²) in [6, 6.07) is 5.88. The number of non-ortho nitro benzene ring substituents is 1. The van der Waals surface area contributed by atoms with Crippen molar-refractivity contribution in [2.24, 2.45) is 0 Å². The molecule has 30 heavy (non-hydrogen) atoms. The number of rotatable bonds is 6. The molecule has 0 radical (unpaired) electrons. The molecule has 1 amide bonds. The number of nitrogens with one attached hydrogen (secondary N) is 1. The molecule has 0 bridgehead atoms. The van der Waals surface area contributed by atoms with E-state index in [1.165, 1.54) is 26.0 Å². The van der Waals surface area contributed by atoms with Crippen LogP contribution < -0.4 is 9.62 Å². The van der Waals surface area contributed by atoms with Crippen molar-refractivity contribution in [2.75, 3.05) is 15.9 Å². The number of nitro benzene ring substituents is 1. The second-order valence-electron chi connectivity index (χ2n) is 6.53. The molecule has 0 aliphatic carbocycles. The number of nitrogens with zero attached hydrogens (tertiary/aromatic N) is 2. The number of amides is 1. The number of anilines is 2. The third-order valence-corrected chi connectivity index (χ3v) is 5.44. The maximum atomic E-state index is 12.7. The molecule has 0 saturated heterocycles. The summed E-state index contributed by atoms with van der Waals surface area (Å²) >= 11 is 0. The summed E-state index contributed by atoms with van der Waals surface area (Å²) in [4.78, 5) is 23.0. The largest absolute Gasteiger partial charge is 0.416 e. The van der Waals surface area contributed by atoms with Crippen LogP contribution >= 0.6 is 0 Å². The van der Waals surface area contributed by atoms with Crippen molar-refractivity contribution in [3.8, 4) is 0 Å². The number of hydrogen-bond donors (Lipinski definition) is 1. The van der Waals surface area contributed by atoms with Crippen molar-refractivity contribution in [2.45, 2.75) is 26.1 Å². The summed E-state index contributed by atoms with van der Waals surface area (Å²) in [7, 11) is -4.04. The molecule has 8 nitrogen and oxygen atoms in total. The highest BCUT2D eigenvalue weighted by Crippen LogP contribution is 2.31. The maximum absolute atomic E-state index is 12.7. The zero-order valence-corrected chi connectivity index (χ0v) is 16.9. The van der Waals surface area contributed by atoms with Gasteiger partial charge in [0.15, 0.2) is 0 Å². The Hall–Kier alpha value is -3.15. The van der Waals surface area contributed by atoms with Gasteiger partial charge in [-0.15, -0.1) is 0 Å². The fraction of sp³-hybridized carbons (Fsp3) is 0.278. The first-order valence-electron chi connectivity index (χ1n) is 8.44. The molecule has 0 spiro atoms. The number of aryl methyl sites for hydroxylation is 1. The van der Waals surface area contributed by atoms with Gasteiger partial charge < -0.3 is 5.32 Å². The van der Waals surface area contributed by atoms with Gasteiger partial charge in [-0.25, -0.2) is 8.42 Å². The number of carbonyl (C=O) groups excluding carboxylic acids is 1. The topological polar surface area (TPSA) is 110 Å². The molecule has 0 aliphatic rings. The predicted molar refractivity (Wildman–Crippen MR) is 105 cm³/mol. The van der Waals surface area contributed by atoms with E-state index in [1.807, 2.05) is 0 Å². The van der Waals surface area contributed by atoms with Crippen LogP contribution in [-0.2, 0) is 21.0 Å². The minimum Gasteiger partial charge on any atom is -0.324 e. The molecule has 2 aromatic carbocycles. The van der Waals surface area contributed by atoms with E-state index in [0.717, 1.165) is 40.9 Å². The van der Waals surface area contributed by atoms with Gasteiger partial charge in [-0.3, -0.25) is 19.2 Å². The number of nitro groups is 1. The van der Waals surface area contributed by atoms with Crippen LogP contribution in [0.5, 0.6) is 0 Å². The summed E-state index contributed by atoms with van der Waals surface area (Å²) in [6.07, 6.45) is -3.70. The summed E-state index contributed by atoms with van der Waals surface area (Å²) in [5.74, 6) is -0.828. The number of hydrogen-bond acceptors (Lipinski definition) is 5. The van der Waals surface area contributed by atoms with Gasteiger partial charge >= 0.3 is 6.18 Å². The maximum Gasteiger partial charge on any atom is 0.416 e. The molecule has 1 atom stereocenters. The molecule has 0 fully saturated rings. The first kappa shape index (κ1) is 23.1. The summed E-state index contributed by atoms with van der Waals surface area (Å²) in [6.45, 7) is 2.79. The van der Waals surface area contributed by atoms with Crippen LogP contribution in [0.3, 0.4) is 0 Å². The van der Waals surface area contributed by atoms with Crippen molar-refractivity contribution < 1.29 is 31.3 Å². The van der Waals surface area contributed by atoms with Gasteiger partial charge in [0, 0.05) is 17.8 Å². The second kappa shape index (κ2) is 8.30. The lowest BCUT2D eigenvalue weighted by molar-refractivity contribution is -0.384. The van der Waals surface area contributed by atoms with E-state index in [4.69, 9.17) is 0 Å². The smallest absolute Gasteiger partial charge is 0.324 e. The average molecular weight is 445 g/mol. The molecular formula is C18H18F3N3O5S. The van der Waals surface area contributed by atoms with Crippen molar-refractivity contribution in [1.29, 1.82) is 0 Å². The molecule has 1 N–H and O–H groups in total. The van der Waals surface area contributed by atoms with E-state index in [-0.39, 0.29) is 17.1 Å². The summed E-state index contributed by atoms with van der Waals surface area (Å²) in [5, 5.41) is 13.4. The van der Waals surface area contributed by atoms with Crippen LogP contribution in [0.2, 0.25) is 0 Å². The Morgan fingerprint density at radius 3 is 2.20 bits per heavy atom. The van der Waals surface area contributed by atoms with Gasteiger partial charge in [0.2, 0.25) is 15.9 Å². The van der Waals surface area contributed by atoms with Gasteiger partial charge in [-0.05, 0) is 43.7 Å². The predicted octanol–water partition coefficient (Wildman–Crippen LogP) is 3.72. The minimum atomic E-state index is -4.54. The van der Waals surface area contributed by atoms with Gasteiger partial charge in [-0.2, -0.15) is 13.2 Å². The number of benzene rings is 2. The van der Waals surface area contributed by atoms with Gasteiger partial charge in [0.25, 0.3) is 5.69 Å². The Labute approximate surface area is 170 Å². The lowest BCUT2D eigenvalue weighted by atomic mass is 10.1. The quantitative estimate of drug-likeness (QED) is 0.538. The first-order chi connectivity index (χ1) is 13.7. The zero-order valence-electron chi connectivity index (χ0n) is 16.1. The second-order valence-corrected chi connectivity index (χ2v) is 8.39. The van der Waals surface area contributed by atoms with E-state index in [9.17, 15) is 36.5 Å². The Bertz CT molecular complexity index is 1070. The lowest BCUT2D eigenvalue weighted by Gasteiger charge is -2.29. The Morgan fingerprint density at radius 1 is 1.17 bits per heavy atom. The van der Waals surface area contributed by atoms with Crippen molar-refractivity contribution in [3.05, 3.63) is 63.7 Å². The molecule has 0 aliphatic heterocycles. The highest BCUT2D eigenvalue weighted by molar-refractivity contribution is 7.92. The number of halogens is 3. The Kier molecular flexibility index (Phi) is 6.40.